The molecule has 150 valence electrons. The molecule has 0 atom stereocenters. The van der Waals surface area contributed by atoms with Gasteiger partial charge >= 0.3 is 12.0 Å². The number of esters is 1. The van der Waals surface area contributed by atoms with Gasteiger partial charge in [0.15, 0.2) is 6.61 Å². The lowest BCUT2D eigenvalue weighted by Gasteiger charge is -2.19. The summed E-state index contributed by atoms with van der Waals surface area (Å²) in [5.74, 6) is -1.30. The number of nitrogens with zero attached hydrogens (tertiary/aromatic N) is 1. The largest absolute Gasteiger partial charge is 0.456 e. The molecule has 1 aromatic rings. The highest BCUT2D eigenvalue weighted by atomic mass is 16.5. The van der Waals surface area contributed by atoms with Crippen molar-refractivity contribution in [3.05, 3.63) is 35.4 Å². The molecule has 1 spiro atoms. The van der Waals surface area contributed by atoms with Crippen LogP contribution in [0.5, 0.6) is 0 Å². The Morgan fingerprint density at radius 2 is 1.93 bits per heavy atom. The van der Waals surface area contributed by atoms with Crippen molar-refractivity contribution >= 4 is 23.8 Å². The second-order valence-corrected chi connectivity index (χ2v) is 7.29. The zero-order chi connectivity index (χ0) is 20.1. The molecular formula is C20H25N3O5. The van der Waals surface area contributed by atoms with Crippen molar-refractivity contribution in [1.82, 2.24) is 15.5 Å². The first-order valence-electron chi connectivity index (χ1n) is 9.52. The van der Waals surface area contributed by atoms with E-state index in [1.165, 1.54) is 0 Å². The Kier molecular flexibility index (Phi) is 5.96. The topological polar surface area (TPSA) is 105 Å². The second kappa shape index (κ2) is 8.41. The summed E-state index contributed by atoms with van der Waals surface area (Å²) < 4.78 is 4.95. The van der Waals surface area contributed by atoms with Crippen LogP contribution in [0.1, 0.15) is 43.2 Å². The quantitative estimate of drug-likeness (QED) is 0.544. The Morgan fingerprint density at radius 1 is 1.21 bits per heavy atom. The summed E-state index contributed by atoms with van der Waals surface area (Å²) in [7, 11) is 0. The first-order valence-corrected chi connectivity index (χ1v) is 9.52. The Bertz CT molecular complexity index is 786. The number of ether oxygens (including phenoxy) is 1. The van der Waals surface area contributed by atoms with Crippen LogP contribution < -0.4 is 10.6 Å². The van der Waals surface area contributed by atoms with Gasteiger partial charge in [0.05, 0.1) is 6.42 Å². The van der Waals surface area contributed by atoms with E-state index in [4.69, 9.17) is 4.74 Å². The molecule has 1 aliphatic heterocycles. The minimum absolute atomic E-state index is 0.0456. The molecule has 8 nitrogen and oxygen atoms in total. The normalized spacial score (nSPS) is 17.7. The third-order valence-corrected chi connectivity index (χ3v) is 5.34. The number of aryl methyl sites for hydroxylation is 1. The van der Waals surface area contributed by atoms with Crippen molar-refractivity contribution in [3.8, 4) is 0 Å². The van der Waals surface area contributed by atoms with Gasteiger partial charge in [-0.1, -0.05) is 37.1 Å². The highest BCUT2D eigenvalue weighted by molar-refractivity contribution is 6.07. The molecule has 28 heavy (non-hydrogen) atoms. The van der Waals surface area contributed by atoms with Gasteiger partial charge < -0.3 is 15.4 Å². The Labute approximate surface area is 163 Å². The standard InChI is InChI=1S/C20H25N3O5/c1-14-6-2-3-7-15(14)12-21-16(24)13-28-17(25)8-11-23-18(26)20(22-19(23)27)9-4-5-10-20/h2-3,6-7H,4-5,8-13H2,1H3,(H,21,24)(H,22,27). The number of benzene rings is 1. The number of urea groups is 1. The Hall–Kier alpha value is -2.90. The number of rotatable bonds is 7. The fourth-order valence-electron chi connectivity index (χ4n) is 3.67. The molecule has 1 saturated carbocycles. The van der Waals surface area contributed by atoms with Crippen molar-refractivity contribution < 1.29 is 23.9 Å². The maximum absolute atomic E-state index is 12.5. The van der Waals surface area contributed by atoms with Crippen molar-refractivity contribution in [1.29, 1.82) is 0 Å². The highest BCUT2D eigenvalue weighted by Gasteiger charge is 2.52. The number of carbonyl (C=O) groups is 4. The monoisotopic (exact) mass is 387 g/mol. The van der Waals surface area contributed by atoms with Gasteiger partial charge in [-0.2, -0.15) is 0 Å². The lowest BCUT2D eigenvalue weighted by Crippen LogP contribution is -2.44. The first kappa shape index (κ1) is 19.9. The van der Waals surface area contributed by atoms with Crippen molar-refractivity contribution in [3.63, 3.8) is 0 Å². The van der Waals surface area contributed by atoms with Gasteiger partial charge in [-0.25, -0.2) is 4.79 Å². The van der Waals surface area contributed by atoms with Gasteiger partial charge in [-0.15, -0.1) is 0 Å². The van der Waals surface area contributed by atoms with Crippen LogP contribution in [0, 0.1) is 6.92 Å². The van der Waals surface area contributed by atoms with Crippen LogP contribution in [0.3, 0.4) is 0 Å². The van der Waals surface area contributed by atoms with Gasteiger partial charge in [-0.3, -0.25) is 19.3 Å². The molecule has 2 N–H and O–H groups in total. The van der Waals surface area contributed by atoms with Crippen LogP contribution >= 0.6 is 0 Å². The molecule has 2 fully saturated rings. The fourth-order valence-corrected chi connectivity index (χ4v) is 3.67. The summed E-state index contributed by atoms with van der Waals surface area (Å²) in [5.41, 5.74) is 1.27. The molecule has 0 aromatic heterocycles. The second-order valence-electron chi connectivity index (χ2n) is 7.29. The number of nitrogens with one attached hydrogen (secondary N) is 2. The molecule has 4 amide bonds. The Balaban J connectivity index is 1.39. The maximum atomic E-state index is 12.5. The molecule has 1 saturated heterocycles. The van der Waals surface area contributed by atoms with E-state index in [1.54, 1.807) is 0 Å². The van der Waals surface area contributed by atoms with Crippen molar-refractivity contribution in [2.24, 2.45) is 0 Å². The predicted molar refractivity (Wildman–Crippen MR) is 100 cm³/mol. The minimum atomic E-state index is -0.781. The number of amides is 4. The van der Waals surface area contributed by atoms with E-state index in [-0.39, 0.29) is 18.9 Å². The van der Waals surface area contributed by atoms with Crippen LogP contribution in [0.25, 0.3) is 0 Å². The number of hydrogen-bond acceptors (Lipinski definition) is 5. The lowest BCUT2D eigenvalue weighted by molar-refractivity contribution is -0.149. The van der Waals surface area contributed by atoms with E-state index in [1.807, 2.05) is 31.2 Å². The van der Waals surface area contributed by atoms with E-state index in [9.17, 15) is 19.2 Å². The Morgan fingerprint density at radius 3 is 2.64 bits per heavy atom. The highest BCUT2D eigenvalue weighted by Crippen LogP contribution is 2.35. The third-order valence-electron chi connectivity index (χ3n) is 5.34. The van der Waals surface area contributed by atoms with Crippen molar-refractivity contribution in [2.75, 3.05) is 13.2 Å². The molecular weight excluding hydrogens is 362 g/mol. The lowest BCUT2D eigenvalue weighted by atomic mass is 9.98. The smallest absolute Gasteiger partial charge is 0.325 e. The maximum Gasteiger partial charge on any atom is 0.325 e. The number of carbonyl (C=O) groups excluding carboxylic acids is 4. The van der Waals surface area contributed by atoms with Crippen LogP contribution in [0.2, 0.25) is 0 Å². The molecule has 1 aromatic carbocycles. The predicted octanol–water partition coefficient (Wildman–Crippen LogP) is 1.41. The average Bonchev–Trinajstić information content (AvgIpc) is 3.23. The van der Waals surface area contributed by atoms with Gasteiger partial charge in [0, 0.05) is 13.1 Å². The van der Waals surface area contributed by atoms with Crippen LogP contribution in [-0.4, -0.2) is 47.4 Å². The van der Waals surface area contributed by atoms with Crippen LogP contribution in [0.4, 0.5) is 4.79 Å². The third kappa shape index (κ3) is 4.32. The summed E-state index contributed by atoms with van der Waals surface area (Å²) in [5, 5.41) is 5.46. The van der Waals surface area contributed by atoms with Gasteiger partial charge in [0.1, 0.15) is 5.54 Å². The minimum Gasteiger partial charge on any atom is -0.456 e. The van der Waals surface area contributed by atoms with Crippen LogP contribution in [0.15, 0.2) is 24.3 Å². The summed E-state index contributed by atoms with van der Waals surface area (Å²) in [6.07, 6.45) is 2.94. The molecule has 1 heterocycles. The molecule has 0 radical (unpaired) electrons. The molecule has 8 heteroatoms. The zero-order valence-corrected chi connectivity index (χ0v) is 16.0. The first-order chi connectivity index (χ1) is 13.4. The molecule has 0 bridgehead atoms. The summed E-state index contributed by atoms with van der Waals surface area (Å²) >= 11 is 0. The van der Waals surface area contributed by atoms with Gasteiger partial charge in [0.25, 0.3) is 11.8 Å². The van der Waals surface area contributed by atoms with E-state index < -0.39 is 30.1 Å². The molecule has 1 aliphatic carbocycles. The summed E-state index contributed by atoms with van der Waals surface area (Å²) in [6.45, 7) is 1.87. The number of imide groups is 1. The molecule has 0 unspecified atom stereocenters. The van der Waals surface area contributed by atoms with Gasteiger partial charge in [-0.05, 0) is 30.9 Å². The molecule has 3 rings (SSSR count). The summed E-state index contributed by atoms with van der Waals surface area (Å²) in [6, 6.07) is 7.21. The zero-order valence-electron chi connectivity index (χ0n) is 16.0. The number of hydrogen-bond donors (Lipinski definition) is 2. The molecule has 2 aliphatic rings. The van der Waals surface area contributed by atoms with E-state index in [0.717, 1.165) is 28.9 Å². The van der Waals surface area contributed by atoms with E-state index >= 15 is 0 Å². The SMILES string of the molecule is Cc1ccccc1CNC(=O)COC(=O)CCN1C(=O)NC2(CCCC2)C1=O. The van der Waals surface area contributed by atoms with Crippen LogP contribution in [-0.2, 0) is 25.7 Å². The fraction of sp³-hybridized carbons (Fsp3) is 0.500. The van der Waals surface area contributed by atoms with E-state index in [0.29, 0.717) is 19.4 Å². The van der Waals surface area contributed by atoms with E-state index in [2.05, 4.69) is 10.6 Å². The van der Waals surface area contributed by atoms with Gasteiger partial charge in [0.2, 0.25) is 0 Å². The average molecular weight is 387 g/mol. The van der Waals surface area contributed by atoms with Crippen molar-refractivity contribution in [2.45, 2.75) is 51.1 Å². The summed E-state index contributed by atoms with van der Waals surface area (Å²) in [4.78, 5) is 49.4.